The second-order valence-electron chi connectivity index (χ2n) is 25.5. The maximum absolute atomic E-state index is 9.93. The minimum atomic E-state index is -0.578. The number of rotatable bonds is 10. The van der Waals surface area contributed by atoms with Gasteiger partial charge in [-0.05, 0) is 163 Å². The summed E-state index contributed by atoms with van der Waals surface area (Å²) < 4.78 is 131. The Morgan fingerprint density at radius 2 is 0.868 bits per heavy atom. The molecule has 0 saturated heterocycles. The van der Waals surface area contributed by atoms with Crippen molar-refractivity contribution < 1.29 is 19.2 Å². The molecule has 0 aliphatic carbocycles. The quantitative estimate of drug-likeness (QED) is 0.127. The molecule has 436 valence electrons. The zero-order chi connectivity index (χ0) is 73.7. The molecule has 0 fully saturated rings. The summed E-state index contributed by atoms with van der Waals surface area (Å²) in [6.07, 6.45) is 0. The number of benzene rings is 13. The standard InChI is InChI=1S/C86H69BN4/c1-85(2,3)63-52-71(60-33-17-9-18-34-60)84(72(53-63)61-35-19-10-20-36-61)91-79-51-62(58-29-13-7-14-30-58)45-48-74(79)87-75-49-46-68(57-80(75)90(81-54-64(86(4,5)6)55-82(91)83(81)87)76-43-27-25-41-69(76)59-31-15-8-16-32-59)89-77-44-28-26-42-70(77)73-56-67(47-50-78(73)89)88(65-37-21-11-22-38-65)66-39-23-12-24-40-66/h7-57H,1-6H3/i7D,11D,13D,14D,21D,22D,26D,28D,29D,30D,37D,38D,42D,44D. The molecule has 91 heavy (non-hydrogen) atoms. The molecule has 0 N–H and O–H groups in total. The molecule has 0 amide bonds. The number of nitrogens with zero attached hydrogens (tertiary/aromatic N) is 4. The second-order valence-corrected chi connectivity index (χ2v) is 25.5. The number of aromatic nitrogens is 1. The van der Waals surface area contributed by atoms with Crippen LogP contribution >= 0.6 is 0 Å². The van der Waals surface area contributed by atoms with Crippen molar-refractivity contribution in [2.75, 3.05) is 14.7 Å². The van der Waals surface area contributed by atoms with Gasteiger partial charge in [0.1, 0.15) is 0 Å². The monoisotopic (exact) mass is 1180 g/mol. The highest BCUT2D eigenvalue weighted by molar-refractivity contribution is 7.00. The number of para-hydroxylation sites is 4. The van der Waals surface area contributed by atoms with E-state index < -0.39 is 72.6 Å². The Balaban J connectivity index is 1.04. The lowest BCUT2D eigenvalue weighted by molar-refractivity contribution is 0.590. The molecule has 2 aliphatic rings. The third-order valence-electron chi connectivity index (χ3n) is 17.9. The largest absolute Gasteiger partial charge is 0.311 e. The van der Waals surface area contributed by atoms with Crippen molar-refractivity contribution >= 4 is 96.1 Å². The van der Waals surface area contributed by atoms with E-state index in [2.05, 4.69) is 167 Å². The molecular formula is C86H69BN4. The van der Waals surface area contributed by atoms with E-state index in [9.17, 15) is 11.0 Å². The minimum Gasteiger partial charge on any atom is -0.311 e. The van der Waals surface area contributed by atoms with Crippen LogP contribution in [0.1, 0.15) is 71.9 Å². The normalized spacial score (nSPS) is 14.8. The molecule has 13 aromatic carbocycles. The highest BCUT2D eigenvalue weighted by Gasteiger charge is 2.46. The maximum atomic E-state index is 9.93. The van der Waals surface area contributed by atoms with Crippen molar-refractivity contribution in [3.8, 4) is 50.2 Å². The van der Waals surface area contributed by atoms with Crippen molar-refractivity contribution in [3.63, 3.8) is 0 Å². The first kappa shape index (κ1) is 42.1. The number of anilines is 9. The first-order valence-corrected chi connectivity index (χ1v) is 30.8. The molecule has 0 bridgehead atoms. The van der Waals surface area contributed by atoms with Gasteiger partial charge in [0.05, 0.1) is 41.6 Å². The summed E-state index contributed by atoms with van der Waals surface area (Å²) in [6, 6.07) is 69.0. The molecular weight excluding hydrogens is 1100 g/mol. The van der Waals surface area contributed by atoms with Gasteiger partial charge in [-0.25, -0.2) is 0 Å². The Labute approximate surface area is 555 Å². The van der Waals surface area contributed by atoms with Gasteiger partial charge in [0.25, 0.3) is 6.71 Å². The fourth-order valence-corrected chi connectivity index (χ4v) is 13.6. The first-order chi connectivity index (χ1) is 50.2. The van der Waals surface area contributed by atoms with E-state index in [4.69, 9.17) is 8.22 Å². The van der Waals surface area contributed by atoms with Crippen LogP contribution in [0.3, 0.4) is 0 Å². The predicted octanol–water partition coefficient (Wildman–Crippen LogP) is 21.6. The van der Waals surface area contributed by atoms with Gasteiger partial charge in [-0.3, -0.25) is 0 Å². The molecule has 1 aromatic heterocycles. The van der Waals surface area contributed by atoms with Crippen LogP contribution in [0.2, 0.25) is 0 Å². The molecule has 3 heterocycles. The number of fused-ring (bicyclic) bond motifs is 7. The zero-order valence-electron chi connectivity index (χ0n) is 65.2. The fourth-order valence-electron chi connectivity index (χ4n) is 13.6. The Kier molecular flexibility index (Phi) is 10.2. The molecule has 2 aliphatic heterocycles. The summed E-state index contributed by atoms with van der Waals surface area (Å²) in [6.45, 7) is 12.7. The van der Waals surface area contributed by atoms with Gasteiger partial charge in [-0.2, -0.15) is 0 Å². The van der Waals surface area contributed by atoms with E-state index in [1.165, 1.54) is 0 Å². The summed E-state index contributed by atoms with van der Waals surface area (Å²) >= 11 is 0. The van der Waals surface area contributed by atoms with E-state index in [0.29, 0.717) is 39.2 Å². The Morgan fingerprint density at radius 1 is 0.341 bits per heavy atom. The molecule has 0 atom stereocenters. The molecule has 16 rings (SSSR count). The lowest BCUT2D eigenvalue weighted by Crippen LogP contribution is -2.61. The van der Waals surface area contributed by atoms with Crippen LogP contribution in [0.5, 0.6) is 0 Å². The van der Waals surface area contributed by atoms with Crippen molar-refractivity contribution in [2.24, 2.45) is 0 Å². The lowest BCUT2D eigenvalue weighted by atomic mass is 9.33. The molecule has 4 nitrogen and oxygen atoms in total. The van der Waals surface area contributed by atoms with E-state index in [-0.39, 0.29) is 51.7 Å². The smallest absolute Gasteiger partial charge is 0.252 e. The molecule has 0 unspecified atom stereocenters. The summed E-state index contributed by atoms with van der Waals surface area (Å²) in [5.74, 6) is 0. The lowest BCUT2D eigenvalue weighted by Gasteiger charge is -2.46. The highest BCUT2D eigenvalue weighted by Crippen LogP contribution is 2.54. The molecule has 0 saturated carbocycles. The van der Waals surface area contributed by atoms with Gasteiger partial charge in [0.15, 0.2) is 0 Å². The predicted molar refractivity (Wildman–Crippen MR) is 389 cm³/mol. The van der Waals surface area contributed by atoms with Crippen molar-refractivity contribution in [1.29, 1.82) is 0 Å². The van der Waals surface area contributed by atoms with Crippen molar-refractivity contribution in [2.45, 2.75) is 52.4 Å². The number of hydrogen-bond donors (Lipinski definition) is 0. The Morgan fingerprint density at radius 3 is 1.51 bits per heavy atom. The Bertz CT molecular complexity index is 5840. The van der Waals surface area contributed by atoms with Crippen LogP contribution in [-0.4, -0.2) is 11.3 Å². The average Bonchev–Trinajstić information content (AvgIpc) is 1.65. The second kappa shape index (κ2) is 22.0. The van der Waals surface area contributed by atoms with Gasteiger partial charge in [0, 0.05) is 73.0 Å². The molecule has 5 heteroatoms. The summed E-state index contributed by atoms with van der Waals surface area (Å²) in [4.78, 5) is 6.30. The van der Waals surface area contributed by atoms with Gasteiger partial charge in [-0.15, -0.1) is 0 Å². The van der Waals surface area contributed by atoms with Gasteiger partial charge in [-0.1, -0.05) is 254 Å². The van der Waals surface area contributed by atoms with Gasteiger partial charge in [0.2, 0.25) is 0 Å². The van der Waals surface area contributed by atoms with Crippen LogP contribution < -0.4 is 31.1 Å². The fraction of sp³-hybridized carbons (Fsp3) is 0.0930. The van der Waals surface area contributed by atoms with E-state index in [0.717, 1.165) is 89.3 Å². The summed E-state index contributed by atoms with van der Waals surface area (Å²) in [5, 5.41) is 0.616. The van der Waals surface area contributed by atoms with Crippen LogP contribution in [0.4, 0.5) is 51.2 Å². The first-order valence-electron chi connectivity index (χ1n) is 37.8. The number of hydrogen-bond acceptors (Lipinski definition) is 3. The Hall–Kier alpha value is -10.9. The molecule has 14 aromatic rings. The third kappa shape index (κ3) is 9.54. The minimum absolute atomic E-state index is 0.0591. The maximum Gasteiger partial charge on any atom is 0.252 e. The highest BCUT2D eigenvalue weighted by atomic mass is 15.2. The SMILES string of the molecule is [2H]c1c([2H])c([2H])c(-c2ccc3c(c2)N(c2c(-c4ccccc4)cc(C(C)(C)C)cc2-c2ccccc2)c2cc(C(C)(C)C)cc4c2B3c2ccc(-n3c5ccc(N(c6ccccc6)c6c([2H])c([2H])c([2H])c([2H])c6[2H])cc5c5c([2H])c([2H])c([2H])c([2H])c53)cc2N4c2ccccc2-c2ccccc2)c([2H])c1[2H]. The van der Waals surface area contributed by atoms with Gasteiger partial charge >= 0.3 is 0 Å². The van der Waals surface area contributed by atoms with Crippen molar-refractivity contribution in [3.05, 3.63) is 320 Å². The van der Waals surface area contributed by atoms with E-state index in [1.54, 1.807) is 41.3 Å². The van der Waals surface area contributed by atoms with Gasteiger partial charge < -0.3 is 19.3 Å². The molecule has 0 spiro atoms. The third-order valence-corrected chi connectivity index (χ3v) is 17.9. The van der Waals surface area contributed by atoms with Crippen LogP contribution in [0, 0.1) is 0 Å². The van der Waals surface area contributed by atoms with Crippen molar-refractivity contribution in [1.82, 2.24) is 4.57 Å². The van der Waals surface area contributed by atoms with Crippen LogP contribution in [0.15, 0.2) is 309 Å². The molecule has 0 radical (unpaired) electrons. The van der Waals surface area contributed by atoms with Crippen LogP contribution in [-0.2, 0) is 10.8 Å². The average molecular weight is 1180 g/mol. The van der Waals surface area contributed by atoms with E-state index >= 15 is 0 Å². The zero-order valence-corrected chi connectivity index (χ0v) is 51.2. The topological polar surface area (TPSA) is 14.7 Å². The van der Waals surface area contributed by atoms with E-state index in [1.807, 2.05) is 77.4 Å². The summed E-state index contributed by atoms with van der Waals surface area (Å²) in [7, 11) is 0. The summed E-state index contributed by atoms with van der Waals surface area (Å²) in [5.41, 5.74) is 17.0. The van der Waals surface area contributed by atoms with Crippen LogP contribution in [0.25, 0.3) is 72.0 Å².